The second-order valence-corrected chi connectivity index (χ2v) is 7.87. The Labute approximate surface area is 159 Å². The number of hydrogen-bond donors (Lipinski definition) is 1. The zero-order chi connectivity index (χ0) is 18.4. The number of fused-ring (bicyclic) bond motifs is 3. The number of hydrogen-bond acceptors (Lipinski definition) is 3. The van der Waals surface area contributed by atoms with Crippen molar-refractivity contribution in [3.8, 4) is 0 Å². The number of nitrogens with one attached hydrogen (secondary N) is 1. The van der Waals surface area contributed by atoms with E-state index >= 15 is 0 Å². The van der Waals surface area contributed by atoms with Crippen LogP contribution in [-0.4, -0.2) is 35.3 Å². The molecule has 5 nitrogen and oxygen atoms in total. The zero-order valence-corrected chi connectivity index (χ0v) is 15.6. The number of benzene rings is 2. The number of anilines is 1. The van der Waals surface area contributed by atoms with Crippen LogP contribution in [0.15, 0.2) is 48.7 Å². The largest absolute Gasteiger partial charge is 0.317 e. The van der Waals surface area contributed by atoms with Crippen LogP contribution in [0.3, 0.4) is 0 Å². The first-order valence-electron chi connectivity index (χ1n) is 9.68. The third-order valence-electron chi connectivity index (χ3n) is 6.25. The molecule has 2 aromatic carbocycles. The van der Waals surface area contributed by atoms with E-state index in [9.17, 15) is 4.79 Å². The lowest BCUT2D eigenvalue weighted by atomic mass is 9.75. The van der Waals surface area contributed by atoms with Gasteiger partial charge in [-0.25, -0.2) is 0 Å². The van der Waals surface area contributed by atoms with E-state index in [0.717, 1.165) is 54.6 Å². The molecule has 1 spiro atoms. The summed E-state index contributed by atoms with van der Waals surface area (Å²) in [5, 5.41) is 8.84. The molecule has 5 heteroatoms. The first-order valence-corrected chi connectivity index (χ1v) is 9.68. The van der Waals surface area contributed by atoms with Crippen molar-refractivity contribution in [1.82, 2.24) is 15.1 Å². The van der Waals surface area contributed by atoms with E-state index < -0.39 is 0 Å². The Morgan fingerprint density at radius 3 is 2.85 bits per heavy atom. The monoisotopic (exact) mass is 360 g/mol. The molecular formula is C22H24N4O. The van der Waals surface area contributed by atoms with Gasteiger partial charge in [-0.15, -0.1) is 0 Å². The number of nitrogens with zero attached hydrogens (tertiary/aromatic N) is 3. The SMILES string of the molecule is Cn1ncc2cc(CC(=O)N3CC4(CCNCC4)c4ccccc43)ccc21. The van der Waals surface area contributed by atoms with E-state index in [2.05, 4.69) is 40.7 Å². The summed E-state index contributed by atoms with van der Waals surface area (Å²) < 4.78 is 1.86. The number of amides is 1. The van der Waals surface area contributed by atoms with Crippen LogP contribution >= 0.6 is 0 Å². The van der Waals surface area contributed by atoms with Crippen LogP contribution in [-0.2, 0) is 23.7 Å². The Morgan fingerprint density at radius 2 is 2.00 bits per heavy atom. The van der Waals surface area contributed by atoms with Crippen LogP contribution in [0.1, 0.15) is 24.0 Å². The third-order valence-corrected chi connectivity index (χ3v) is 6.25. The number of para-hydroxylation sites is 1. The lowest BCUT2D eigenvalue weighted by Gasteiger charge is -2.34. The lowest BCUT2D eigenvalue weighted by molar-refractivity contribution is -0.118. The van der Waals surface area contributed by atoms with Crippen LogP contribution in [0.25, 0.3) is 10.9 Å². The first kappa shape index (κ1) is 16.5. The number of carbonyl (C=O) groups is 1. The minimum absolute atomic E-state index is 0.116. The van der Waals surface area contributed by atoms with E-state index in [1.165, 1.54) is 5.56 Å². The highest BCUT2D eigenvalue weighted by molar-refractivity contribution is 5.98. The van der Waals surface area contributed by atoms with Gasteiger partial charge in [0.15, 0.2) is 0 Å². The number of carbonyl (C=O) groups excluding carboxylic acids is 1. The Bertz CT molecular complexity index is 1020. The maximum absolute atomic E-state index is 13.2. The molecule has 3 aromatic rings. The topological polar surface area (TPSA) is 50.2 Å². The van der Waals surface area contributed by atoms with Gasteiger partial charge >= 0.3 is 0 Å². The van der Waals surface area contributed by atoms with Gasteiger partial charge in [-0.3, -0.25) is 9.48 Å². The summed E-state index contributed by atoms with van der Waals surface area (Å²) in [4.78, 5) is 15.3. The van der Waals surface area contributed by atoms with E-state index in [1.807, 2.05) is 35.0 Å². The average Bonchev–Trinajstić information content (AvgIpc) is 3.21. The fourth-order valence-electron chi connectivity index (χ4n) is 4.78. The number of aromatic nitrogens is 2. The second-order valence-electron chi connectivity index (χ2n) is 7.87. The molecule has 138 valence electrons. The van der Waals surface area contributed by atoms with Gasteiger partial charge in [0, 0.05) is 30.1 Å². The summed E-state index contributed by atoms with van der Waals surface area (Å²) in [6.45, 7) is 2.85. The second kappa shape index (κ2) is 6.20. The summed E-state index contributed by atoms with van der Waals surface area (Å²) in [6.07, 6.45) is 4.47. The van der Waals surface area contributed by atoms with Crippen molar-refractivity contribution in [2.45, 2.75) is 24.7 Å². The predicted molar refractivity (Wildman–Crippen MR) is 107 cm³/mol. The molecule has 0 radical (unpaired) electrons. The normalized spacial score (nSPS) is 18.2. The Hall–Kier alpha value is -2.66. The molecule has 0 unspecified atom stereocenters. The lowest BCUT2D eigenvalue weighted by Crippen LogP contribution is -2.44. The van der Waals surface area contributed by atoms with E-state index in [0.29, 0.717) is 6.42 Å². The van der Waals surface area contributed by atoms with Crippen LogP contribution in [0.5, 0.6) is 0 Å². The Morgan fingerprint density at radius 1 is 1.19 bits per heavy atom. The molecule has 2 aliphatic rings. The van der Waals surface area contributed by atoms with Crippen molar-refractivity contribution < 1.29 is 4.79 Å². The van der Waals surface area contributed by atoms with Gasteiger partial charge in [0.2, 0.25) is 5.91 Å². The molecule has 1 aromatic heterocycles. The van der Waals surface area contributed by atoms with Gasteiger partial charge in [-0.2, -0.15) is 5.10 Å². The molecule has 0 aliphatic carbocycles. The highest BCUT2D eigenvalue weighted by atomic mass is 16.2. The fourth-order valence-corrected chi connectivity index (χ4v) is 4.78. The predicted octanol–water partition coefficient (Wildman–Crippen LogP) is 2.78. The molecule has 0 saturated carbocycles. The summed E-state index contributed by atoms with van der Waals surface area (Å²) >= 11 is 0. The van der Waals surface area contributed by atoms with Gasteiger partial charge in [0.05, 0.1) is 18.1 Å². The summed E-state index contributed by atoms with van der Waals surface area (Å²) in [7, 11) is 1.94. The molecule has 0 bridgehead atoms. The maximum atomic E-state index is 13.2. The molecule has 27 heavy (non-hydrogen) atoms. The summed E-state index contributed by atoms with van der Waals surface area (Å²) in [6, 6.07) is 14.7. The fraction of sp³-hybridized carbons (Fsp3) is 0.364. The highest BCUT2D eigenvalue weighted by Gasteiger charge is 2.44. The van der Waals surface area contributed by atoms with Gasteiger partial charge in [-0.05, 0) is 55.3 Å². The average molecular weight is 360 g/mol. The quantitative estimate of drug-likeness (QED) is 0.765. The van der Waals surface area contributed by atoms with Crippen LogP contribution in [0, 0.1) is 0 Å². The molecule has 1 amide bonds. The molecule has 1 saturated heterocycles. The zero-order valence-electron chi connectivity index (χ0n) is 15.6. The van der Waals surface area contributed by atoms with Crippen molar-refractivity contribution in [3.63, 3.8) is 0 Å². The van der Waals surface area contributed by atoms with E-state index in [-0.39, 0.29) is 11.3 Å². The standard InChI is InChI=1S/C22H24N4O/c1-25-19-7-6-16(12-17(19)14-24-25)13-21(27)26-15-22(8-10-23-11-9-22)18-4-2-3-5-20(18)26/h2-7,12,14,23H,8-11,13,15H2,1H3. The molecule has 5 rings (SSSR count). The van der Waals surface area contributed by atoms with Gasteiger partial charge in [-0.1, -0.05) is 24.3 Å². The van der Waals surface area contributed by atoms with Crippen molar-refractivity contribution in [1.29, 1.82) is 0 Å². The Balaban J connectivity index is 1.44. The maximum Gasteiger partial charge on any atom is 0.231 e. The molecule has 2 aliphatic heterocycles. The molecular weight excluding hydrogens is 336 g/mol. The summed E-state index contributed by atoms with van der Waals surface area (Å²) in [5.74, 6) is 0.182. The minimum atomic E-state index is 0.116. The van der Waals surface area contributed by atoms with E-state index in [1.54, 1.807) is 0 Å². The number of rotatable bonds is 2. The van der Waals surface area contributed by atoms with Gasteiger partial charge in [0.25, 0.3) is 0 Å². The molecule has 1 fully saturated rings. The van der Waals surface area contributed by atoms with Crippen LogP contribution in [0.2, 0.25) is 0 Å². The smallest absolute Gasteiger partial charge is 0.231 e. The highest BCUT2D eigenvalue weighted by Crippen LogP contribution is 2.46. The van der Waals surface area contributed by atoms with Crippen molar-refractivity contribution >= 4 is 22.5 Å². The Kier molecular flexibility index (Phi) is 3.79. The van der Waals surface area contributed by atoms with Crippen LogP contribution < -0.4 is 10.2 Å². The van der Waals surface area contributed by atoms with Crippen molar-refractivity contribution in [2.24, 2.45) is 7.05 Å². The van der Waals surface area contributed by atoms with Crippen LogP contribution in [0.4, 0.5) is 5.69 Å². The summed E-state index contributed by atoms with van der Waals surface area (Å²) in [5.41, 5.74) is 4.70. The third kappa shape index (κ3) is 2.65. The van der Waals surface area contributed by atoms with Gasteiger partial charge in [0.1, 0.15) is 0 Å². The van der Waals surface area contributed by atoms with Gasteiger partial charge < -0.3 is 10.2 Å². The molecule has 3 heterocycles. The van der Waals surface area contributed by atoms with Crippen molar-refractivity contribution in [2.75, 3.05) is 24.5 Å². The molecule has 0 atom stereocenters. The molecule has 1 N–H and O–H groups in total. The first-order chi connectivity index (χ1) is 13.2. The van der Waals surface area contributed by atoms with Crippen molar-refractivity contribution in [3.05, 3.63) is 59.8 Å². The minimum Gasteiger partial charge on any atom is -0.317 e. The number of aryl methyl sites for hydroxylation is 1. The number of piperidine rings is 1. The van der Waals surface area contributed by atoms with E-state index in [4.69, 9.17) is 0 Å².